The number of hydrogen-bond acceptors (Lipinski definition) is 3. The summed E-state index contributed by atoms with van der Waals surface area (Å²) >= 11 is 5.04. The number of hydrogen-bond donors (Lipinski definition) is 2. The Bertz CT molecular complexity index is 380. The van der Waals surface area contributed by atoms with Crippen molar-refractivity contribution in [2.75, 3.05) is 25.1 Å². The largest absolute Gasteiger partial charge is 0.389 e. The summed E-state index contributed by atoms with van der Waals surface area (Å²) in [6.07, 6.45) is 0.971. The van der Waals surface area contributed by atoms with Crippen LogP contribution in [0.15, 0.2) is 18.2 Å². The number of nitrogens with one attached hydrogen (secondary N) is 1. The third kappa shape index (κ3) is 4.71. The maximum Gasteiger partial charge on any atom is 0.106 e. The molecule has 0 radical (unpaired) electrons. The molecule has 0 atom stereocenters. The average molecular weight is 252 g/mol. The van der Waals surface area contributed by atoms with Gasteiger partial charge in [0.2, 0.25) is 0 Å². The maximum atomic E-state index is 5.70. The quantitative estimate of drug-likeness (QED) is 0.578. The minimum atomic E-state index is 0.431. The molecule has 3 nitrogen and oxygen atoms in total. The topological polar surface area (TPSA) is 47.3 Å². The van der Waals surface area contributed by atoms with Gasteiger partial charge in [0.05, 0.1) is 0 Å². The molecule has 0 aromatic heterocycles. The van der Waals surface area contributed by atoms with E-state index in [1.165, 1.54) is 0 Å². The highest BCUT2D eigenvalue weighted by atomic mass is 32.1. The first-order valence-electron chi connectivity index (χ1n) is 5.87. The van der Waals surface area contributed by atoms with E-state index in [1.54, 1.807) is 0 Å². The van der Waals surface area contributed by atoms with Gasteiger partial charge in [0.15, 0.2) is 0 Å². The highest BCUT2D eigenvalue weighted by molar-refractivity contribution is 7.80. The summed E-state index contributed by atoms with van der Waals surface area (Å²) in [7, 11) is 0. The highest BCUT2D eigenvalue weighted by Crippen LogP contribution is 2.17. The summed E-state index contributed by atoms with van der Waals surface area (Å²) in [5, 5.41) is 3.33. The molecule has 4 heteroatoms. The molecule has 0 amide bonds. The van der Waals surface area contributed by atoms with Crippen molar-refractivity contribution in [2.45, 2.75) is 20.3 Å². The fraction of sp³-hybridized carbons (Fsp3) is 0.462. The van der Waals surface area contributed by atoms with Crippen LogP contribution in [0.5, 0.6) is 0 Å². The van der Waals surface area contributed by atoms with Crippen molar-refractivity contribution in [1.29, 1.82) is 0 Å². The van der Waals surface area contributed by atoms with Gasteiger partial charge in [-0.2, -0.15) is 0 Å². The Morgan fingerprint density at radius 1 is 1.47 bits per heavy atom. The molecule has 0 aliphatic heterocycles. The Balaban J connectivity index is 2.55. The smallest absolute Gasteiger partial charge is 0.106 e. The second kappa shape index (κ2) is 7.25. The van der Waals surface area contributed by atoms with E-state index < -0.39 is 0 Å². The fourth-order valence-electron chi connectivity index (χ4n) is 1.56. The summed E-state index contributed by atoms with van der Waals surface area (Å²) in [4.78, 5) is 0.431. The zero-order chi connectivity index (χ0) is 12.7. The van der Waals surface area contributed by atoms with Crippen molar-refractivity contribution in [3.63, 3.8) is 0 Å². The number of rotatable bonds is 7. The predicted molar refractivity (Wildman–Crippen MR) is 76.7 cm³/mol. The molecule has 0 saturated carbocycles. The molecular weight excluding hydrogens is 232 g/mol. The Morgan fingerprint density at radius 2 is 2.24 bits per heavy atom. The van der Waals surface area contributed by atoms with Crippen LogP contribution in [0.4, 0.5) is 5.69 Å². The third-order valence-corrected chi connectivity index (χ3v) is 2.65. The van der Waals surface area contributed by atoms with Crippen molar-refractivity contribution in [1.82, 2.24) is 0 Å². The van der Waals surface area contributed by atoms with Gasteiger partial charge in [-0.3, -0.25) is 0 Å². The molecule has 1 aromatic rings. The van der Waals surface area contributed by atoms with E-state index in [1.807, 2.05) is 32.0 Å². The third-order valence-electron chi connectivity index (χ3n) is 2.43. The Kier molecular flexibility index (Phi) is 5.94. The summed E-state index contributed by atoms with van der Waals surface area (Å²) in [5.41, 5.74) is 8.77. The molecule has 1 aromatic carbocycles. The van der Waals surface area contributed by atoms with Crippen molar-refractivity contribution in [2.24, 2.45) is 5.73 Å². The van der Waals surface area contributed by atoms with E-state index in [2.05, 4.69) is 5.32 Å². The molecule has 0 fully saturated rings. The number of anilines is 1. The fourth-order valence-corrected chi connectivity index (χ4v) is 1.73. The second-order valence-corrected chi connectivity index (χ2v) is 4.33. The minimum Gasteiger partial charge on any atom is -0.389 e. The van der Waals surface area contributed by atoms with Crippen molar-refractivity contribution in [3.05, 3.63) is 29.3 Å². The molecule has 0 unspecified atom stereocenters. The Labute approximate surface area is 108 Å². The zero-order valence-electron chi connectivity index (χ0n) is 10.5. The number of benzene rings is 1. The lowest BCUT2D eigenvalue weighted by Crippen LogP contribution is -2.14. The molecule has 0 spiro atoms. The first kappa shape index (κ1) is 13.9. The van der Waals surface area contributed by atoms with E-state index in [0.717, 1.165) is 43.0 Å². The molecule has 94 valence electrons. The van der Waals surface area contributed by atoms with Crippen LogP contribution in [0.3, 0.4) is 0 Å². The summed E-state index contributed by atoms with van der Waals surface area (Å²) in [6, 6.07) is 6.07. The van der Waals surface area contributed by atoms with Gasteiger partial charge in [-0.25, -0.2) is 0 Å². The van der Waals surface area contributed by atoms with Gasteiger partial charge in [-0.05, 0) is 32.4 Å². The first-order chi connectivity index (χ1) is 8.15. The second-order valence-electron chi connectivity index (χ2n) is 3.89. The van der Waals surface area contributed by atoms with Crippen LogP contribution < -0.4 is 11.1 Å². The monoisotopic (exact) mass is 252 g/mol. The van der Waals surface area contributed by atoms with Gasteiger partial charge in [0, 0.05) is 31.0 Å². The van der Waals surface area contributed by atoms with Gasteiger partial charge < -0.3 is 15.8 Å². The molecule has 0 aliphatic rings. The van der Waals surface area contributed by atoms with Crippen LogP contribution in [0.1, 0.15) is 24.5 Å². The van der Waals surface area contributed by atoms with Crippen LogP contribution >= 0.6 is 12.2 Å². The first-order valence-corrected chi connectivity index (χ1v) is 6.28. The lowest BCUT2D eigenvalue weighted by Gasteiger charge is -2.12. The van der Waals surface area contributed by atoms with Crippen molar-refractivity contribution in [3.8, 4) is 0 Å². The highest BCUT2D eigenvalue weighted by Gasteiger charge is 2.04. The molecule has 3 N–H and O–H groups in total. The number of nitrogens with two attached hydrogens (primary N) is 1. The van der Waals surface area contributed by atoms with Crippen LogP contribution in [0.25, 0.3) is 0 Å². The molecule has 17 heavy (non-hydrogen) atoms. The van der Waals surface area contributed by atoms with Crippen molar-refractivity contribution >= 4 is 22.9 Å². The summed E-state index contributed by atoms with van der Waals surface area (Å²) < 4.78 is 5.28. The number of aryl methyl sites for hydroxylation is 1. The van der Waals surface area contributed by atoms with E-state index in [4.69, 9.17) is 22.7 Å². The lowest BCUT2D eigenvalue weighted by molar-refractivity contribution is 0.147. The van der Waals surface area contributed by atoms with Gasteiger partial charge >= 0.3 is 0 Å². The van der Waals surface area contributed by atoms with Crippen LogP contribution in [-0.4, -0.2) is 24.7 Å². The molecular formula is C13H20N2OS. The van der Waals surface area contributed by atoms with Crippen LogP contribution in [0.2, 0.25) is 0 Å². The predicted octanol–water partition coefficient (Wildman–Crippen LogP) is 2.47. The van der Waals surface area contributed by atoms with E-state index in [0.29, 0.717) is 4.99 Å². The minimum absolute atomic E-state index is 0.431. The van der Waals surface area contributed by atoms with Crippen molar-refractivity contribution < 1.29 is 4.74 Å². The number of thiocarbonyl (C=S) groups is 1. The van der Waals surface area contributed by atoms with Gasteiger partial charge in [0.1, 0.15) is 4.99 Å². The van der Waals surface area contributed by atoms with Gasteiger partial charge in [-0.15, -0.1) is 0 Å². The Hall–Kier alpha value is -1.13. The SMILES string of the molecule is CCOCCCNc1ccc(C)cc1C(N)=S. The lowest BCUT2D eigenvalue weighted by atomic mass is 10.1. The summed E-state index contributed by atoms with van der Waals surface area (Å²) in [6.45, 7) is 6.43. The maximum absolute atomic E-state index is 5.70. The zero-order valence-corrected chi connectivity index (χ0v) is 11.3. The van der Waals surface area contributed by atoms with E-state index in [-0.39, 0.29) is 0 Å². The Morgan fingerprint density at radius 3 is 2.88 bits per heavy atom. The number of ether oxygens (including phenoxy) is 1. The normalized spacial score (nSPS) is 10.2. The summed E-state index contributed by atoms with van der Waals surface area (Å²) in [5.74, 6) is 0. The molecule has 0 heterocycles. The molecule has 0 saturated heterocycles. The molecule has 0 bridgehead atoms. The van der Waals surface area contributed by atoms with Crippen LogP contribution in [0, 0.1) is 6.92 Å². The molecule has 1 rings (SSSR count). The van der Waals surface area contributed by atoms with Gasteiger partial charge in [-0.1, -0.05) is 23.8 Å². The van der Waals surface area contributed by atoms with Gasteiger partial charge in [0.25, 0.3) is 0 Å². The van der Waals surface area contributed by atoms with E-state index in [9.17, 15) is 0 Å². The van der Waals surface area contributed by atoms with Crippen LogP contribution in [-0.2, 0) is 4.74 Å². The standard InChI is InChI=1S/C13H20N2OS/c1-3-16-8-4-7-15-12-6-5-10(2)9-11(12)13(14)17/h5-6,9,15H,3-4,7-8H2,1-2H3,(H2,14,17). The van der Waals surface area contributed by atoms with E-state index >= 15 is 0 Å². The molecule has 0 aliphatic carbocycles. The average Bonchev–Trinajstić information content (AvgIpc) is 2.30.